The van der Waals surface area contributed by atoms with E-state index in [0.29, 0.717) is 17.6 Å². The molecule has 1 aromatic rings. The average Bonchev–Trinajstić information content (AvgIpc) is 2.91. The van der Waals surface area contributed by atoms with Crippen LogP contribution in [0.15, 0.2) is 6.08 Å². The third kappa shape index (κ3) is 3.61. The molecule has 5 nitrogen and oxygen atoms in total. The summed E-state index contributed by atoms with van der Waals surface area (Å²) in [6.07, 6.45) is 5.53. The molecule has 2 atom stereocenters. The standard InChI is InChI=1S/C14H20ClN3O2/c1-9-12(14(15)18(2)17-9)5-6-13(20)16-8-10-3-4-11(19)7-10/h5-6,10-11,19H,3-4,7-8H2,1-2H3,(H,16,20)/b6-5+. The van der Waals surface area contributed by atoms with E-state index in [-0.39, 0.29) is 12.0 Å². The number of aromatic nitrogens is 2. The number of hydrogen-bond donors (Lipinski definition) is 2. The molecule has 0 saturated heterocycles. The summed E-state index contributed by atoms with van der Waals surface area (Å²) >= 11 is 6.08. The van der Waals surface area contributed by atoms with Gasteiger partial charge in [-0.25, -0.2) is 0 Å². The topological polar surface area (TPSA) is 67.2 Å². The maximum absolute atomic E-state index is 11.8. The first-order valence-corrected chi connectivity index (χ1v) is 7.18. The second-order valence-corrected chi connectivity index (χ2v) is 5.68. The molecule has 1 saturated carbocycles. The highest BCUT2D eigenvalue weighted by Gasteiger charge is 2.22. The van der Waals surface area contributed by atoms with Crippen molar-refractivity contribution in [2.75, 3.05) is 6.54 Å². The smallest absolute Gasteiger partial charge is 0.244 e. The van der Waals surface area contributed by atoms with E-state index < -0.39 is 0 Å². The summed E-state index contributed by atoms with van der Waals surface area (Å²) in [5.41, 5.74) is 1.56. The molecule has 20 heavy (non-hydrogen) atoms. The Morgan fingerprint density at radius 1 is 1.60 bits per heavy atom. The number of halogens is 1. The lowest BCUT2D eigenvalue weighted by Gasteiger charge is -2.09. The number of nitrogens with one attached hydrogen (secondary N) is 1. The van der Waals surface area contributed by atoms with Gasteiger partial charge >= 0.3 is 0 Å². The maximum Gasteiger partial charge on any atom is 0.244 e. The summed E-state index contributed by atoms with van der Waals surface area (Å²) in [6.45, 7) is 2.46. The van der Waals surface area contributed by atoms with E-state index >= 15 is 0 Å². The Morgan fingerprint density at radius 2 is 2.35 bits per heavy atom. The van der Waals surface area contributed by atoms with Gasteiger partial charge in [0, 0.05) is 25.2 Å². The van der Waals surface area contributed by atoms with Crippen molar-refractivity contribution in [2.45, 2.75) is 32.3 Å². The van der Waals surface area contributed by atoms with Gasteiger partial charge in [0.25, 0.3) is 0 Å². The van der Waals surface area contributed by atoms with E-state index in [9.17, 15) is 9.90 Å². The van der Waals surface area contributed by atoms with Crippen LogP contribution in [0, 0.1) is 12.8 Å². The second-order valence-electron chi connectivity index (χ2n) is 5.32. The molecule has 1 aliphatic carbocycles. The molecular formula is C14H20ClN3O2. The van der Waals surface area contributed by atoms with Gasteiger partial charge in [0.05, 0.1) is 11.8 Å². The van der Waals surface area contributed by atoms with E-state index in [0.717, 1.165) is 30.5 Å². The minimum atomic E-state index is -0.204. The van der Waals surface area contributed by atoms with Crippen molar-refractivity contribution in [3.63, 3.8) is 0 Å². The van der Waals surface area contributed by atoms with Gasteiger partial charge in [-0.15, -0.1) is 0 Å². The summed E-state index contributed by atoms with van der Waals surface area (Å²) in [6, 6.07) is 0. The quantitative estimate of drug-likeness (QED) is 0.831. The number of rotatable bonds is 4. The normalized spacial score (nSPS) is 22.6. The number of aliphatic hydroxyl groups excluding tert-OH is 1. The zero-order chi connectivity index (χ0) is 14.7. The van der Waals surface area contributed by atoms with Crippen molar-refractivity contribution in [2.24, 2.45) is 13.0 Å². The van der Waals surface area contributed by atoms with Gasteiger partial charge < -0.3 is 10.4 Å². The molecule has 0 aliphatic heterocycles. The summed E-state index contributed by atoms with van der Waals surface area (Å²) in [5, 5.41) is 17.0. The molecule has 0 spiro atoms. The van der Waals surface area contributed by atoms with Gasteiger partial charge in [-0.2, -0.15) is 5.10 Å². The van der Waals surface area contributed by atoms with Crippen molar-refractivity contribution < 1.29 is 9.90 Å². The Morgan fingerprint density at radius 3 is 2.90 bits per heavy atom. The zero-order valence-corrected chi connectivity index (χ0v) is 12.5. The number of aryl methyl sites for hydroxylation is 2. The highest BCUT2D eigenvalue weighted by Crippen LogP contribution is 2.24. The van der Waals surface area contributed by atoms with E-state index in [1.807, 2.05) is 6.92 Å². The lowest BCUT2D eigenvalue weighted by Crippen LogP contribution is -2.26. The van der Waals surface area contributed by atoms with Crippen LogP contribution in [0.4, 0.5) is 0 Å². The molecule has 1 heterocycles. The number of carbonyl (C=O) groups is 1. The van der Waals surface area contributed by atoms with Gasteiger partial charge in [-0.3, -0.25) is 9.48 Å². The minimum Gasteiger partial charge on any atom is -0.393 e. The molecule has 2 unspecified atom stereocenters. The van der Waals surface area contributed by atoms with E-state index in [1.165, 1.54) is 6.08 Å². The number of nitrogens with zero attached hydrogens (tertiary/aromatic N) is 2. The number of aliphatic hydroxyl groups is 1. The van der Waals surface area contributed by atoms with Gasteiger partial charge in [0.15, 0.2) is 0 Å². The van der Waals surface area contributed by atoms with Crippen molar-refractivity contribution in [1.29, 1.82) is 0 Å². The summed E-state index contributed by atoms with van der Waals surface area (Å²) in [4.78, 5) is 11.8. The number of carbonyl (C=O) groups excluding carboxylic acids is 1. The summed E-state index contributed by atoms with van der Waals surface area (Å²) < 4.78 is 1.58. The third-order valence-electron chi connectivity index (χ3n) is 3.68. The molecule has 1 aliphatic rings. The van der Waals surface area contributed by atoms with E-state index in [2.05, 4.69) is 10.4 Å². The predicted octanol–water partition coefficient (Wildman–Crippen LogP) is 1.67. The third-order valence-corrected chi connectivity index (χ3v) is 4.12. The van der Waals surface area contributed by atoms with Crippen LogP contribution in [0.3, 0.4) is 0 Å². The van der Waals surface area contributed by atoms with E-state index in [4.69, 9.17) is 11.6 Å². The van der Waals surface area contributed by atoms with Gasteiger partial charge in [-0.1, -0.05) is 11.6 Å². The molecule has 1 fully saturated rings. The molecule has 0 aromatic carbocycles. The van der Waals surface area contributed by atoms with Crippen molar-refractivity contribution in [3.8, 4) is 0 Å². The van der Waals surface area contributed by atoms with Gasteiger partial charge in [-0.05, 0) is 38.2 Å². The summed E-state index contributed by atoms with van der Waals surface area (Å²) in [5.74, 6) is 0.233. The molecular weight excluding hydrogens is 278 g/mol. The largest absolute Gasteiger partial charge is 0.393 e. The number of hydrogen-bond acceptors (Lipinski definition) is 3. The Bertz CT molecular complexity index is 525. The van der Waals surface area contributed by atoms with Crippen molar-refractivity contribution in [1.82, 2.24) is 15.1 Å². The van der Waals surface area contributed by atoms with Crippen LogP contribution in [0.1, 0.15) is 30.5 Å². The molecule has 6 heteroatoms. The molecule has 0 bridgehead atoms. The average molecular weight is 298 g/mol. The first-order chi connectivity index (χ1) is 9.47. The Kier molecular flexibility index (Phi) is 4.83. The lowest BCUT2D eigenvalue weighted by molar-refractivity contribution is -0.116. The number of amides is 1. The Balaban J connectivity index is 1.86. The van der Waals surface area contributed by atoms with Crippen LogP contribution in [0.5, 0.6) is 0 Å². The minimum absolute atomic E-state index is 0.147. The van der Waals surface area contributed by atoms with Crippen LogP contribution in [0.25, 0.3) is 6.08 Å². The van der Waals surface area contributed by atoms with Crippen LogP contribution in [-0.2, 0) is 11.8 Å². The highest BCUT2D eigenvalue weighted by molar-refractivity contribution is 6.31. The van der Waals surface area contributed by atoms with Crippen LogP contribution < -0.4 is 5.32 Å². The summed E-state index contributed by atoms with van der Waals surface area (Å²) in [7, 11) is 1.76. The van der Waals surface area contributed by atoms with Crippen LogP contribution in [-0.4, -0.2) is 33.4 Å². The first kappa shape index (κ1) is 15.1. The fourth-order valence-corrected chi connectivity index (χ4v) is 2.77. The maximum atomic E-state index is 11.8. The first-order valence-electron chi connectivity index (χ1n) is 6.80. The van der Waals surface area contributed by atoms with Crippen molar-refractivity contribution in [3.05, 3.63) is 22.5 Å². The lowest BCUT2D eigenvalue weighted by atomic mass is 10.1. The Labute approximate surface area is 123 Å². The molecule has 0 radical (unpaired) electrons. The van der Waals surface area contributed by atoms with E-state index in [1.54, 1.807) is 17.8 Å². The molecule has 1 amide bonds. The molecule has 2 N–H and O–H groups in total. The van der Waals surface area contributed by atoms with Crippen LogP contribution in [0.2, 0.25) is 5.15 Å². The predicted molar refractivity (Wildman–Crippen MR) is 78.3 cm³/mol. The van der Waals surface area contributed by atoms with Crippen LogP contribution >= 0.6 is 11.6 Å². The van der Waals surface area contributed by atoms with Gasteiger partial charge in [0.2, 0.25) is 5.91 Å². The Hall–Kier alpha value is -1.33. The highest BCUT2D eigenvalue weighted by atomic mass is 35.5. The molecule has 1 aromatic heterocycles. The molecule has 2 rings (SSSR count). The molecule has 110 valence electrons. The fraction of sp³-hybridized carbons (Fsp3) is 0.571. The second kappa shape index (κ2) is 6.41. The monoisotopic (exact) mass is 297 g/mol. The zero-order valence-electron chi connectivity index (χ0n) is 11.8. The fourth-order valence-electron chi connectivity index (χ4n) is 2.53. The van der Waals surface area contributed by atoms with Crippen molar-refractivity contribution >= 4 is 23.6 Å². The SMILES string of the molecule is Cc1nn(C)c(Cl)c1/C=C/C(=O)NCC1CCC(O)C1. The van der Waals surface area contributed by atoms with Gasteiger partial charge in [0.1, 0.15) is 5.15 Å².